The first-order valence-electron chi connectivity index (χ1n) is 13.4. The summed E-state index contributed by atoms with van der Waals surface area (Å²) in [6, 6.07) is 9.82. The second kappa shape index (κ2) is 8.62. The molecule has 4 aliphatic rings. The Morgan fingerprint density at radius 1 is 1.00 bits per heavy atom. The fourth-order valence-corrected chi connectivity index (χ4v) is 8.88. The fraction of sp³-hybridized carbons (Fsp3) is 0.667. The van der Waals surface area contributed by atoms with Crippen LogP contribution in [0, 0.1) is 40.4 Å². The number of allylic oxidation sites excluding steroid dienone is 2. The molecule has 0 heterocycles. The number of fused-ring (bicyclic) bond motifs is 5. The average molecular weight is 463 g/mol. The Morgan fingerprint density at radius 3 is 2.41 bits per heavy atom. The summed E-state index contributed by atoms with van der Waals surface area (Å²) in [5.74, 6) is 2.92. The number of nitrogens with zero attached hydrogens (tertiary/aromatic N) is 1. The quantitative estimate of drug-likeness (QED) is 0.625. The molecule has 3 fully saturated rings. The summed E-state index contributed by atoms with van der Waals surface area (Å²) in [5, 5.41) is 2.95. The molecular weight excluding hydrogens is 420 g/mol. The van der Waals surface area contributed by atoms with Gasteiger partial charge in [-0.05, 0) is 113 Å². The zero-order valence-corrected chi connectivity index (χ0v) is 21.6. The lowest BCUT2D eigenvalue weighted by Gasteiger charge is -2.60. The maximum atomic E-state index is 13.6. The van der Waals surface area contributed by atoms with E-state index >= 15 is 0 Å². The third-order valence-electron chi connectivity index (χ3n) is 11.0. The van der Waals surface area contributed by atoms with Crippen molar-refractivity contribution in [1.29, 1.82) is 0 Å². The number of hydrogen-bond donors (Lipinski definition) is 1. The second-order valence-corrected chi connectivity index (χ2v) is 12.5. The van der Waals surface area contributed by atoms with Gasteiger partial charge in [-0.15, -0.1) is 0 Å². The minimum atomic E-state index is -0.182. The van der Waals surface area contributed by atoms with Crippen LogP contribution >= 0.6 is 0 Å². The van der Waals surface area contributed by atoms with Crippen LogP contribution in [0.5, 0.6) is 0 Å². The lowest BCUT2D eigenvalue weighted by molar-refractivity contribution is -0.140. The number of amides is 1. The van der Waals surface area contributed by atoms with Crippen LogP contribution in [0.3, 0.4) is 0 Å². The zero-order chi connectivity index (χ0) is 24.3. The number of benzene rings is 1. The van der Waals surface area contributed by atoms with Gasteiger partial charge in [0.1, 0.15) is 0 Å². The molecule has 0 radical (unpaired) electrons. The number of Topliss-reactive ketones (excluding diaryl/α,β-unsaturated/α-hetero) is 1. The van der Waals surface area contributed by atoms with Crippen molar-refractivity contribution >= 4 is 11.7 Å². The molecule has 0 bridgehead atoms. The van der Waals surface area contributed by atoms with E-state index in [9.17, 15) is 9.59 Å². The van der Waals surface area contributed by atoms with E-state index in [1.54, 1.807) is 12.1 Å². The van der Waals surface area contributed by atoms with E-state index < -0.39 is 0 Å². The number of ketones is 1. The van der Waals surface area contributed by atoms with Gasteiger partial charge < -0.3 is 10.2 Å². The second-order valence-electron chi connectivity index (χ2n) is 12.5. The van der Waals surface area contributed by atoms with Crippen LogP contribution in [0.4, 0.5) is 0 Å². The van der Waals surface area contributed by atoms with E-state index in [1.165, 1.54) is 32.1 Å². The molecular formula is C30H42N2O2. The summed E-state index contributed by atoms with van der Waals surface area (Å²) in [6.07, 6.45) is 10.3. The third-order valence-corrected chi connectivity index (χ3v) is 11.0. The van der Waals surface area contributed by atoms with Crippen LogP contribution in [-0.4, -0.2) is 36.7 Å². The smallest absolute Gasteiger partial charge is 0.255 e. The zero-order valence-electron chi connectivity index (χ0n) is 21.6. The maximum Gasteiger partial charge on any atom is 0.255 e. The molecule has 0 saturated heterocycles. The molecule has 0 spiro atoms. The highest BCUT2D eigenvalue weighted by Crippen LogP contribution is 2.67. The van der Waals surface area contributed by atoms with E-state index in [-0.39, 0.29) is 23.0 Å². The Bertz CT molecular complexity index is 985. The first kappa shape index (κ1) is 23.8. The number of rotatable bonds is 4. The van der Waals surface area contributed by atoms with Gasteiger partial charge in [-0.1, -0.05) is 38.1 Å². The molecule has 5 rings (SSSR count). The Hall–Kier alpha value is -1.94. The SMILES string of the molecule is CC([C@H]1CC[C@H]2[C@@H]3CC[C@H]4C(=O)C(NC(=O)c5ccccc5)=CC[C@]4(C)[C@H]3CC[C@]12C)N(C)C. The average Bonchev–Trinajstić information content (AvgIpc) is 3.18. The largest absolute Gasteiger partial charge is 0.319 e. The normalized spacial score (nSPS) is 40.1. The monoisotopic (exact) mass is 462 g/mol. The standard InChI is InChI=1S/C30H42N2O2/c1-19(32(4)5)22-13-14-23-21-11-12-25-27(33)26(31-28(34)20-9-7-6-8-10-20)16-18-30(25,3)24(21)15-17-29(22,23)2/h6-10,16,19,21-25H,11-15,17-18H2,1-5H3,(H,31,34)/t19?,21-,22+,23-,24-,25-,29+,30+/m0/s1. The molecule has 0 aliphatic heterocycles. The fourth-order valence-electron chi connectivity index (χ4n) is 8.88. The van der Waals surface area contributed by atoms with E-state index in [4.69, 9.17) is 0 Å². The van der Waals surface area contributed by atoms with Crippen LogP contribution in [0.15, 0.2) is 42.1 Å². The van der Waals surface area contributed by atoms with Crippen molar-refractivity contribution in [2.45, 2.75) is 71.8 Å². The Labute approximate surface area is 205 Å². The number of carbonyl (C=O) groups excluding carboxylic acids is 2. The lowest BCUT2D eigenvalue weighted by atomic mass is 9.45. The van der Waals surface area contributed by atoms with Gasteiger partial charge in [-0.3, -0.25) is 9.59 Å². The molecule has 1 aromatic rings. The van der Waals surface area contributed by atoms with Crippen molar-refractivity contribution in [3.8, 4) is 0 Å². The number of nitrogens with one attached hydrogen (secondary N) is 1. The van der Waals surface area contributed by atoms with Gasteiger partial charge in [-0.25, -0.2) is 0 Å². The van der Waals surface area contributed by atoms with Gasteiger partial charge in [0.15, 0.2) is 5.78 Å². The summed E-state index contributed by atoms with van der Waals surface area (Å²) in [4.78, 5) is 28.8. The van der Waals surface area contributed by atoms with E-state index in [2.05, 4.69) is 45.1 Å². The maximum absolute atomic E-state index is 13.6. The highest BCUT2D eigenvalue weighted by Gasteiger charge is 2.61. The van der Waals surface area contributed by atoms with Crippen LogP contribution in [0.2, 0.25) is 0 Å². The van der Waals surface area contributed by atoms with Gasteiger partial charge in [0.25, 0.3) is 5.91 Å². The predicted molar refractivity (Wildman–Crippen MR) is 136 cm³/mol. The molecule has 4 aliphatic carbocycles. The summed E-state index contributed by atoms with van der Waals surface area (Å²) in [6.45, 7) is 7.39. The third kappa shape index (κ3) is 3.59. The molecule has 4 nitrogen and oxygen atoms in total. The molecule has 34 heavy (non-hydrogen) atoms. The van der Waals surface area contributed by atoms with E-state index in [0.29, 0.717) is 28.6 Å². The van der Waals surface area contributed by atoms with Gasteiger partial charge >= 0.3 is 0 Å². The Morgan fingerprint density at radius 2 is 1.71 bits per heavy atom. The highest BCUT2D eigenvalue weighted by atomic mass is 16.2. The molecule has 4 heteroatoms. The van der Waals surface area contributed by atoms with E-state index in [1.807, 2.05) is 24.3 Å². The molecule has 184 valence electrons. The molecule has 1 N–H and O–H groups in total. The lowest BCUT2D eigenvalue weighted by Crippen LogP contribution is -2.56. The van der Waals surface area contributed by atoms with Crippen molar-refractivity contribution in [3.63, 3.8) is 0 Å². The number of carbonyl (C=O) groups is 2. The summed E-state index contributed by atoms with van der Waals surface area (Å²) >= 11 is 0. The first-order valence-corrected chi connectivity index (χ1v) is 13.4. The van der Waals surface area contributed by atoms with Crippen molar-refractivity contribution < 1.29 is 9.59 Å². The Kier molecular flexibility index (Phi) is 6.03. The van der Waals surface area contributed by atoms with Crippen LogP contribution in [0.25, 0.3) is 0 Å². The molecule has 1 amide bonds. The summed E-state index contributed by atoms with van der Waals surface area (Å²) < 4.78 is 0. The van der Waals surface area contributed by atoms with Gasteiger partial charge in [0.2, 0.25) is 0 Å². The van der Waals surface area contributed by atoms with Crippen molar-refractivity contribution in [2.75, 3.05) is 14.1 Å². The molecule has 1 unspecified atom stereocenters. The van der Waals surface area contributed by atoms with Gasteiger partial charge in [-0.2, -0.15) is 0 Å². The van der Waals surface area contributed by atoms with Gasteiger partial charge in [0.05, 0.1) is 5.70 Å². The summed E-state index contributed by atoms with van der Waals surface area (Å²) in [7, 11) is 4.46. The first-order chi connectivity index (χ1) is 16.2. The number of hydrogen-bond acceptors (Lipinski definition) is 3. The van der Waals surface area contributed by atoms with Crippen molar-refractivity contribution in [3.05, 3.63) is 47.7 Å². The van der Waals surface area contributed by atoms with Crippen molar-refractivity contribution in [2.24, 2.45) is 40.4 Å². The molecule has 8 atom stereocenters. The van der Waals surface area contributed by atoms with Gasteiger partial charge in [0, 0.05) is 17.5 Å². The van der Waals surface area contributed by atoms with E-state index in [0.717, 1.165) is 30.6 Å². The minimum Gasteiger partial charge on any atom is -0.319 e. The molecule has 1 aromatic carbocycles. The van der Waals surface area contributed by atoms with Crippen LogP contribution < -0.4 is 5.32 Å². The molecule has 0 aromatic heterocycles. The topological polar surface area (TPSA) is 49.4 Å². The molecule has 3 saturated carbocycles. The summed E-state index contributed by atoms with van der Waals surface area (Å²) in [5.41, 5.74) is 1.57. The van der Waals surface area contributed by atoms with Crippen LogP contribution in [0.1, 0.15) is 76.1 Å². The van der Waals surface area contributed by atoms with Crippen LogP contribution in [-0.2, 0) is 4.79 Å². The minimum absolute atomic E-state index is 0.0214. The highest BCUT2D eigenvalue weighted by molar-refractivity contribution is 6.05. The predicted octanol–water partition coefficient (Wildman–Crippen LogP) is 5.70. The van der Waals surface area contributed by atoms with Crippen molar-refractivity contribution in [1.82, 2.24) is 10.2 Å². The Balaban J connectivity index is 1.35.